The van der Waals surface area contributed by atoms with Gasteiger partial charge in [0.1, 0.15) is 8.07 Å². The Morgan fingerprint density at radius 3 is 1.94 bits per heavy atom. The predicted octanol–water partition coefficient (Wildman–Crippen LogP) is 4.76. The Morgan fingerprint density at radius 2 is 1.67 bits per heavy atom. The highest BCUT2D eigenvalue weighted by atomic mass is 31.2. The molecule has 0 fully saturated rings. The first-order valence-electron chi connectivity index (χ1n) is 6.37. The van der Waals surface area contributed by atoms with Crippen LogP contribution in [0.2, 0.25) is 19.6 Å². The summed E-state index contributed by atoms with van der Waals surface area (Å²) in [6.45, 7) is 11.1. The molecule has 0 heterocycles. The van der Waals surface area contributed by atoms with Gasteiger partial charge in [-0.25, -0.2) is 4.39 Å². The van der Waals surface area contributed by atoms with Gasteiger partial charge in [-0.05, 0) is 20.8 Å². The van der Waals surface area contributed by atoms with Crippen LogP contribution in [0, 0.1) is 0 Å². The van der Waals surface area contributed by atoms with E-state index in [1.54, 1.807) is 26.0 Å². The topological polar surface area (TPSA) is 35.5 Å². The minimum Gasteiger partial charge on any atom is -0.307 e. The van der Waals surface area contributed by atoms with Crippen LogP contribution in [0.15, 0.2) is 12.2 Å². The fraction of sp³-hybridized carbons (Fsp3) is 0.833. The first-order chi connectivity index (χ1) is 8.18. The second-order valence-corrected chi connectivity index (χ2v) is 13.0. The second-order valence-electron chi connectivity index (χ2n) is 5.12. The molecule has 3 nitrogen and oxygen atoms in total. The second kappa shape index (κ2) is 6.99. The number of hydrogen-bond acceptors (Lipinski definition) is 3. The maximum atomic E-state index is 15.4. The van der Waals surface area contributed by atoms with Crippen molar-refractivity contribution in [3.8, 4) is 0 Å². The number of halogens is 1. The first-order valence-corrected chi connectivity index (χ1v) is 11.4. The summed E-state index contributed by atoms with van der Waals surface area (Å²) in [5.74, 6) is 0. The van der Waals surface area contributed by atoms with Gasteiger partial charge in [0.05, 0.1) is 13.2 Å². The highest BCUT2D eigenvalue weighted by Gasteiger charge is 2.59. The largest absolute Gasteiger partial charge is 0.364 e. The fourth-order valence-corrected chi connectivity index (χ4v) is 7.58. The van der Waals surface area contributed by atoms with Gasteiger partial charge in [0.2, 0.25) is 0 Å². The molecular weight excluding hydrogens is 270 g/mol. The van der Waals surface area contributed by atoms with E-state index in [9.17, 15) is 4.57 Å². The lowest BCUT2D eigenvalue weighted by Crippen LogP contribution is -2.48. The van der Waals surface area contributed by atoms with Crippen molar-refractivity contribution in [3.05, 3.63) is 12.2 Å². The molecule has 0 aliphatic heterocycles. The third-order valence-corrected chi connectivity index (χ3v) is 10.4. The van der Waals surface area contributed by atoms with Crippen LogP contribution in [0.3, 0.4) is 0 Å². The van der Waals surface area contributed by atoms with Crippen LogP contribution in [0.4, 0.5) is 4.39 Å². The van der Waals surface area contributed by atoms with Crippen LogP contribution in [0.5, 0.6) is 0 Å². The van der Waals surface area contributed by atoms with E-state index in [0.29, 0.717) is 0 Å². The average molecular weight is 296 g/mol. The maximum Gasteiger partial charge on any atom is 0.364 e. The predicted molar refractivity (Wildman–Crippen MR) is 77.5 cm³/mol. The van der Waals surface area contributed by atoms with Gasteiger partial charge in [0.15, 0.2) is 5.03 Å². The molecule has 0 amide bonds. The lowest BCUT2D eigenvalue weighted by molar-refractivity contribution is 0.174. The number of rotatable bonds is 8. The molecule has 0 aromatic carbocycles. The summed E-state index contributed by atoms with van der Waals surface area (Å²) in [5.41, 5.74) is 0. The van der Waals surface area contributed by atoms with Crippen molar-refractivity contribution in [1.82, 2.24) is 0 Å². The van der Waals surface area contributed by atoms with Gasteiger partial charge >= 0.3 is 7.60 Å². The highest BCUT2D eigenvalue weighted by molar-refractivity contribution is 7.59. The zero-order valence-electron chi connectivity index (χ0n) is 12.3. The van der Waals surface area contributed by atoms with Crippen molar-refractivity contribution in [1.29, 1.82) is 0 Å². The van der Waals surface area contributed by atoms with Gasteiger partial charge in [-0.2, -0.15) is 0 Å². The first kappa shape index (κ1) is 18.0. The Hall–Kier alpha value is 0.0369. The summed E-state index contributed by atoms with van der Waals surface area (Å²) in [4.78, 5) is 0. The Morgan fingerprint density at radius 1 is 1.22 bits per heavy atom. The van der Waals surface area contributed by atoms with Crippen molar-refractivity contribution in [2.45, 2.75) is 51.9 Å². The number of allylic oxidation sites excluding steroid dienone is 2. The van der Waals surface area contributed by atoms with E-state index in [1.807, 2.05) is 26.6 Å². The molecule has 18 heavy (non-hydrogen) atoms. The van der Waals surface area contributed by atoms with Crippen LogP contribution in [0.25, 0.3) is 0 Å². The SMILES string of the molecule is C/C=C/CC(F)([Si](C)(C)C)P(=O)(OCC)OCC. The molecule has 6 heteroatoms. The van der Waals surface area contributed by atoms with E-state index >= 15 is 4.39 Å². The molecule has 0 N–H and O–H groups in total. The number of hydrogen-bond donors (Lipinski definition) is 0. The highest BCUT2D eigenvalue weighted by Crippen LogP contribution is 2.65. The Bertz CT molecular complexity index is 318. The average Bonchev–Trinajstić information content (AvgIpc) is 2.24. The van der Waals surface area contributed by atoms with Gasteiger partial charge in [-0.15, -0.1) is 0 Å². The fourth-order valence-electron chi connectivity index (χ4n) is 1.68. The normalized spacial score (nSPS) is 17.1. The van der Waals surface area contributed by atoms with Gasteiger partial charge in [-0.3, -0.25) is 4.57 Å². The molecule has 0 saturated carbocycles. The lowest BCUT2D eigenvalue weighted by atomic mass is 10.4. The zero-order valence-corrected chi connectivity index (χ0v) is 14.2. The zero-order chi connectivity index (χ0) is 14.4. The molecule has 1 atom stereocenters. The summed E-state index contributed by atoms with van der Waals surface area (Å²) >= 11 is 0. The van der Waals surface area contributed by atoms with Crippen molar-refractivity contribution < 1.29 is 18.0 Å². The molecular formula is C12H26FO3PSi. The van der Waals surface area contributed by atoms with Crippen LogP contribution < -0.4 is 0 Å². The van der Waals surface area contributed by atoms with Gasteiger partial charge in [-0.1, -0.05) is 31.8 Å². The molecule has 0 aromatic heterocycles. The molecule has 0 bridgehead atoms. The Labute approximate surface area is 111 Å². The summed E-state index contributed by atoms with van der Waals surface area (Å²) in [7, 11) is -6.14. The van der Waals surface area contributed by atoms with E-state index in [1.165, 1.54) is 0 Å². The molecule has 0 spiro atoms. The molecule has 0 aliphatic carbocycles. The lowest BCUT2D eigenvalue weighted by Gasteiger charge is -2.39. The molecule has 0 saturated heterocycles. The van der Waals surface area contributed by atoms with E-state index < -0.39 is 20.7 Å². The van der Waals surface area contributed by atoms with E-state index in [-0.39, 0.29) is 19.6 Å². The van der Waals surface area contributed by atoms with Crippen molar-refractivity contribution in [3.63, 3.8) is 0 Å². The maximum absolute atomic E-state index is 15.4. The summed E-state index contributed by atoms with van der Waals surface area (Å²) in [6.07, 6.45) is 3.54. The van der Waals surface area contributed by atoms with Crippen LogP contribution >= 0.6 is 7.60 Å². The van der Waals surface area contributed by atoms with Crippen molar-refractivity contribution in [2.75, 3.05) is 13.2 Å². The Kier molecular flexibility index (Phi) is 7.00. The minimum absolute atomic E-state index is 0.0799. The minimum atomic E-state index is -3.75. The third-order valence-electron chi connectivity index (χ3n) is 2.81. The van der Waals surface area contributed by atoms with Gasteiger partial charge in [0.25, 0.3) is 0 Å². The van der Waals surface area contributed by atoms with Crippen molar-refractivity contribution in [2.24, 2.45) is 0 Å². The monoisotopic (exact) mass is 296 g/mol. The molecule has 0 aliphatic rings. The molecule has 1 unspecified atom stereocenters. The van der Waals surface area contributed by atoms with Crippen molar-refractivity contribution >= 4 is 15.7 Å². The van der Waals surface area contributed by atoms with Gasteiger partial charge in [0, 0.05) is 6.42 Å². The smallest absolute Gasteiger partial charge is 0.307 e. The third kappa shape index (κ3) is 3.76. The van der Waals surface area contributed by atoms with Crippen LogP contribution in [0.1, 0.15) is 27.2 Å². The molecule has 0 aromatic rings. The molecule has 0 radical (unpaired) electrons. The van der Waals surface area contributed by atoms with Gasteiger partial charge < -0.3 is 9.05 Å². The van der Waals surface area contributed by atoms with Crippen LogP contribution in [-0.2, 0) is 13.6 Å². The van der Waals surface area contributed by atoms with Crippen LogP contribution in [-0.4, -0.2) is 26.3 Å². The Balaban J connectivity index is 5.57. The standard InChI is InChI=1S/C12H26FO3PSi/c1-7-10-11-12(13,18(4,5)6)17(14,15-8-2)16-9-3/h7,10H,8-9,11H2,1-6H3/b10-7+. The summed E-state index contributed by atoms with van der Waals surface area (Å²) in [5, 5.41) is -1.89. The molecule has 108 valence electrons. The summed E-state index contributed by atoms with van der Waals surface area (Å²) < 4.78 is 38.6. The van der Waals surface area contributed by atoms with E-state index in [2.05, 4.69) is 0 Å². The molecule has 0 rings (SSSR count). The van der Waals surface area contributed by atoms with E-state index in [0.717, 1.165) is 0 Å². The summed E-state index contributed by atoms with van der Waals surface area (Å²) in [6, 6.07) is 0. The number of alkyl halides is 1. The quantitative estimate of drug-likeness (QED) is 0.368. The van der Waals surface area contributed by atoms with E-state index in [4.69, 9.17) is 9.05 Å².